The maximum atomic E-state index is 13.4. The molecule has 0 unspecified atom stereocenters. The van der Waals surface area contributed by atoms with Gasteiger partial charge in [0.1, 0.15) is 23.2 Å². The van der Waals surface area contributed by atoms with Crippen molar-refractivity contribution in [3.8, 4) is 11.3 Å². The third kappa shape index (κ3) is 4.01. The van der Waals surface area contributed by atoms with Crippen molar-refractivity contribution in [1.82, 2.24) is 29.9 Å². The molecule has 1 aliphatic rings. The summed E-state index contributed by atoms with van der Waals surface area (Å²) in [7, 11) is 0. The number of carbonyl (C=O) groups is 1. The molecule has 1 amide bonds. The maximum absolute atomic E-state index is 13.4. The van der Waals surface area contributed by atoms with Crippen LogP contribution in [0.5, 0.6) is 0 Å². The molecule has 4 aromatic rings. The lowest BCUT2D eigenvalue weighted by Gasteiger charge is -2.34. The van der Waals surface area contributed by atoms with Gasteiger partial charge in [-0.2, -0.15) is 5.10 Å². The second-order valence-electron chi connectivity index (χ2n) is 8.55. The highest BCUT2D eigenvalue weighted by atomic mass is 19.3. The van der Waals surface area contributed by atoms with Crippen LogP contribution in [0.2, 0.25) is 0 Å². The van der Waals surface area contributed by atoms with Gasteiger partial charge in [0.2, 0.25) is 5.92 Å². The van der Waals surface area contributed by atoms with Crippen molar-refractivity contribution in [2.45, 2.75) is 38.5 Å². The molecule has 0 saturated heterocycles. The number of hydrogen-bond donors (Lipinski definition) is 3. The predicted molar refractivity (Wildman–Crippen MR) is 121 cm³/mol. The molecule has 1 fully saturated rings. The summed E-state index contributed by atoms with van der Waals surface area (Å²) in [6.45, 7) is 3.07. The number of rotatable bonds is 8. The summed E-state index contributed by atoms with van der Waals surface area (Å²) in [5.74, 6) is -3.19. The molecular weight excluding hydrogens is 428 g/mol. The Hall–Kier alpha value is -3.56. The fourth-order valence-corrected chi connectivity index (χ4v) is 4.36. The van der Waals surface area contributed by atoms with Gasteiger partial charge in [0.15, 0.2) is 0 Å². The van der Waals surface area contributed by atoms with E-state index in [0.717, 1.165) is 30.5 Å². The third-order valence-corrected chi connectivity index (χ3v) is 6.07. The van der Waals surface area contributed by atoms with E-state index in [4.69, 9.17) is 5.10 Å². The summed E-state index contributed by atoms with van der Waals surface area (Å²) in [6.07, 6.45) is 8.30. The number of unbranched alkanes of at least 4 members (excludes halogenated alkanes) is 1. The van der Waals surface area contributed by atoms with Crippen LogP contribution in [-0.4, -0.2) is 49.5 Å². The van der Waals surface area contributed by atoms with Gasteiger partial charge in [0.05, 0.1) is 11.3 Å². The number of amides is 1. The molecule has 1 saturated carbocycles. The minimum absolute atomic E-state index is 0.196. The second-order valence-corrected chi connectivity index (χ2v) is 8.55. The largest absolute Gasteiger partial charge is 0.383 e. The Bertz CT molecular complexity index is 1300. The van der Waals surface area contributed by atoms with Crippen molar-refractivity contribution in [1.29, 1.82) is 0 Å². The number of nitrogens with zero attached hydrogens (tertiary/aromatic N) is 4. The Morgan fingerprint density at radius 1 is 1.36 bits per heavy atom. The van der Waals surface area contributed by atoms with Gasteiger partial charge in [-0.1, -0.05) is 13.3 Å². The van der Waals surface area contributed by atoms with E-state index in [1.54, 1.807) is 23.1 Å². The van der Waals surface area contributed by atoms with Crippen molar-refractivity contribution >= 4 is 28.1 Å². The topological polar surface area (TPSA) is 100 Å². The second kappa shape index (κ2) is 8.42. The summed E-state index contributed by atoms with van der Waals surface area (Å²) in [6, 6.07) is 3.78. The van der Waals surface area contributed by atoms with Crippen LogP contribution < -0.4 is 10.6 Å². The number of halogens is 2. The molecule has 0 aliphatic heterocycles. The van der Waals surface area contributed by atoms with Gasteiger partial charge in [0, 0.05) is 55.5 Å². The van der Waals surface area contributed by atoms with Crippen molar-refractivity contribution in [3.63, 3.8) is 0 Å². The monoisotopic (exact) mass is 453 g/mol. The van der Waals surface area contributed by atoms with Gasteiger partial charge in [-0.3, -0.25) is 4.79 Å². The first-order valence-corrected chi connectivity index (χ1v) is 11.2. The molecule has 8 nitrogen and oxygen atoms in total. The van der Waals surface area contributed by atoms with E-state index >= 15 is 0 Å². The predicted octanol–water partition coefficient (Wildman–Crippen LogP) is 4.26. The van der Waals surface area contributed by atoms with E-state index < -0.39 is 5.92 Å². The Morgan fingerprint density at radius 2 is 2.21 bits per heavy atom. The number of alkyl halides is 2. The first-order valence-electron chi connectivity index (χ1n) is 11.2. The quantitative estimate of drug-likeness (QED) is 0.346. The standard InChI is InChI=1S/C23H25F2N7O/c1-2-3-6-27-17-5-4-7-32-20(17)18(22(33)29-10-14-8-23(24,25)9-14)19(31-32)15-12-28-21-16(15)11-26-13-30-21/h4-5,7,11-14,27H,2-3,6,8-10H2,1H3,(H,29,33)(H,26,28,30). The number of hydrogen-bond acceptors (Lipinski definition) is 5. The lowest BCUT2D eigenvalue weighted by atomic mass is 9.81. The van der Waals surface area contributed by atoms with Crippen LogP contribution in [0.3, 0.4) is 0 Å². The fraction of sp³-hybridized carbons (Fsp3) is 0.391. The molecule has 3 N–H and O–H groups in total. The van der Waals surface area contributed by atoms with E-state index in [2.05, 4.69) is 32.5 Å². The number of carbonyl (C=O) groups excluding carboxylic acids is 1. The van der Waals surface area contributed by atoms with Crippen molar-refractivity contribution in [2.75, 3.05) is 18.4 Å². The molecule has 33 heavy (non-hydrogen) atoms. The van der Waals surface area contributed by atoms with Gasteiger partial charge in [0.25, 0.3) is 5.91 Å². The lowest BCUT2D eigenvalue weighted by molar-refractivity contribution is -0.108. The van der Waals surface area contributed by atoms with Crippen LogP contribution >= 0.6 is 0 Å². The van der Waals surface area contributed by atoms with Crippen LogP contribution in [0.4, 0.5) is 14.5 Å². The van der Waals surface area contributed by atoms with Gasteiger partial charge in [-0.15, -0.1) is 0 Å². The summed E-state index contributed by atoms with van der Waals surface area (Å²) in [4.78, 5) is 24.9. The highest BCUT2D eigenvalue weighted by Crippen LogP contribution is 2.42. The Balaban J connectivity index is 1.57. The highest BCUT2D eigenvalue weighted by molar-refractivity contribution is 6.11. The Morgan fingerprint density at radius 3 is 3.00 bits per heavy atom. The fourth-order valence-electron chi connectivity index (χ4n) is 4.36. The average molecular weight is 453 g/mol. The Kier molecular flexibility index (Phi) is 5.43. The van der Waals surface area contributed by atoms with E-state index in [9.17, 15) is 13.6 Å². The Labute approximate surface area is 188 Å². The van der Waals surface area contributed by atoms with Crippen molar-refractivity contribution < 1.29 is 13.6 Å². The molecular formula is C23H25F2N7O. The van der Waals surface area contributed by atoms with Gasteiger partial charge >= 0.3 is 0 Å². The van der Waals surface area contributed by atoms with Gasteiger partial charge < -0.3 is 15.6 Å². The van der Waals surface area contributed by atoms with Gasteiger partial charge in [-0.25, -0.2) is 23.3 Å². The molecule has 10 heteroatoms. The average Bonchev–Trinajstić information content (AvgIpc) is 3.38. The molecule has 5 rings (SSSR count). The zero-order chi connectivity index (χ0) is 23.0. The number of nitrogens with one attached hydrogen (secondary N) is 3. The van der Waals surface area contributed by atoms with Crippen LogP contribution in [0.1, 0.15) is 43.0 Å². The molecule has 0 radical (unpaired) electrons. The van der Waals surface area contributed by atoms with E-state index in [-0.39, 0.29) is 31.2 Å². The normalized spacial score (nSPS) is 15.6. The molecule has 0 aromatic carbocycles. The molecule has 0 spiro atoms. The van der Waals surface area contributed by atoms with Crippen LogP contribution in [-0.2, 0) is 0 Å². The SMILES string of the molecule is CCCCNc1cccn2nc(-c3c[nH]c4ncncc34)c(C(=O)NCC3CC(F)(F)C3)c12. The first-order chi connectivity index (χ1) is 16.0. The van der Waals surface area contributed by atoms with E-state index in [0.29, 0.717) is 28.0 Å². The summed E-state index contributed by atoms with van der Waals surface area (Å²) >= 11 is 0. The number of aromatic amines is 1. The number of H-pyrrole nitrogens is 1. The zero-order valence-electron chi connectivity index (χ0n) is 18.2. The number of anilines is 1. The highest BCUT2D eigenvalue weighted by Gasteiger charge is 2.45. The van der Waals surface area contributed by atoms with Crippen LogP contribution in [0.25, 0.3) is 27.8 Å². The smallest absolute Gasteiger partial charge is 0.255 e. The number of aromatic nitrogens is 5. The lowest BCUT2D eigenvalue weighted by Crippen LogP contribution is -2.42. The molecule has 0 bridgehead atoms. The number of fused-ring (bicyclic) bond motifs is 2. The van der Waals surface area contributed by atoms with Crippen LogP contribution in [0, 0.1) is 5.92 Å². The minimum Gasteiger partial charge on any atom is -0.383 e. The summed E-state index contributed by atoms with van der Waals surface area (Å²) in [5.41, 5.74) is 3.66. The van der Waals surface area contributed by atoms with Crippen LogP contribution in [0.15, 0.2) is 37.1 Å². The molecule has 1 aliphatic carbocycles. The number of pyridine rings is 1. The van der Waals surface area contributed by atoms with Crippen molar-refractivity contribution in [3.05, 3.63) is 42.6 Å². The zero-order valence-corrected chi connectivity index (χ0v) is 18.2. The molecule has 4 aromatic heterocycles. The molecule has 4 heterocycles. The third-order valence-electron chi connectivity index (χ3n) is 6.07. The van der Waals surface area contributed by atoms with Crippen molar-refractivity contribution in [2.24, 2.45) is 5.92 Å². The first kappa shape index (κ1) is 21.3. The summed E-state index contributed by atoms with van der Waals surface area (Å²) < 4.78 is 28.2. The minimum atomic E-state index is -2.62. The van der Waals surface area contributed by atoms with Gasteiger partial charge in [-0.05, 0) is 24.5 Å². The summed E-state index contributed by atoms with van der Waals surface area (Å²) in [5, 5.41) is 11.7. The molecule has 172 valence electrons. The molecule has 0 atom stereocenters. The van der Waals surface area contributed by atoms with E-state index in [1.165, 1.54) is 6.33 Å². The maximum Gasteiger partial charge on any atom is 0.255 e. The van der Waals surface area contributed by atoms with E-state index in [1.807, 2.05) is 12.1 Å².